The van der Waals surface area contributed by atoms with Crippen molar-refractivity contribution in [1.82, 2.24) is 15.0 Å². The Morgan fingerprint density at radius 3 is 1.75 bits per heavy atom. The molecule has 2 heterocycles. The summed E-state index contributed by atoms with van der Waals surface area (Å²) in [6.07, 6.45) is 0. The summed E-state index contributed by atoms with van der Waals surface area (Å²) < 4.78 is 0. The van der Waals surface area contributed by atoms with Crippen molar-refractivity contribution in [2.24, 2.45) is 0 Å². The predicted molar refractivity (Wildman–Crippen MR) is 210 cm³/mol. The third kappa shape index (κ3) is 4.88. The first-order valence-electron chi connectivity index (χ1n) is 17.2. The van der Waals surface area contributed by atoms with Gasteiger partial charge in [0, 0.05) is 38.9 Å². The molecule has 0 unspecified atom stereocenters. The topological polar surface area (TPSA) is 41.9 Å². The van der Waals surface area contributed by atoms with Gasteiger partial charge in [0.2, 0.25) is 0 Å². The summed E-state index contributed by atoms with van der Waals surface area (Å²) in [4.78, 5) is 17.8. The second-order valence-electron chi connectivity index (χ2n) is 12.8. The highest BCUT2D eigenvalue weighted by Gasteiger charge is 2.30. The van der Waals surface area contributed by atoms with Crippen LogP contribution < -0.4 is 4.90 Å². The van der Waals surface area contributed by atoms with Crippen LogP contribution in [-0.4, -0.2) is 15.0 Å². The molecule has 51 heavy (non-hydrogen) atoms. The number of para-hydroxylation sites is 2. The largest absolute Gasteiger partial charge is 0.309 e. The maximum atomic E-state index is 5.20. The van der Waals surface area contributed by atoms with Crippen molar-refractivity contribution in [1.29, 1.82) is 0 Å². The van der Waals surface area contributed by atoms with Crippen LogP contribution in [0.15, 0.2) is 182 Å². The lowest BCUT2D eigenvalue weighted by atomic mass is 9.86. The molecule has 0 N–H and O–H groups in total. The Balaban J connectivity index is 1.23. The summed E-state index contributed by atoms with van der Waals surface area (Å²) in [6, 6.07) is 64.0. The van der Waals surface area contributed by atoms with Crippen LogP contribution in [0.5, 0.6) is 0 Å². The fourth-order valence-electron chi connectivity index (χ4n) is 7.48. The van der Waals surface area contributed by atoms with E-state index in [2.05, 4.69) is 169 Å². The summed E-state index contributed by atoms with van der Waals surface area (Å²) in [5, 5.41) is 4.59. The molecule has 0 fully saturated rings. The van der Waals surface area contributed by atoms with Gasteiger partial charge < -0.3 is 4.90 Å². The van der Waals surface area contributed by atoms with Crippen molar-refractivity contribution < 1.29 is 0 Å². The lowest BCUT2D eigenvalue weighted by molar-refractivity contribution is 1.08. The second kappa shape index (κ2) is 11.9. The second-order valence-corrected chi connectivity index (χ2v) is 12.8. The summed E-state index contributed by atoms with van der Waals surface area (Å²) in [5.41, 5.74) is 11.0. The first-order chi connectivity index (χ1) is 25.3. The minimum absolute atomic E-state index is 0.644. The third-order valence-corrected chi connectivity index (χ3v) is 9.82. The van der Waals surface area contributed by atoms with Crippen molar-refractivity contribution in [3.05, 3.63) is 182 Å². The van der Waals surface area contributed by atoms with Gasteiger partial charge in [-0.1, -0.05) is 152 Å². The molecular formula is C47H30N4. The molecule has 0 atom stereocenters. The molecule has 4 heteroatoms. The minimum Gasteiger partial charge on any atom is -0.309 e. The monoisotopic (exact) mass is 650 g/mol. The van der Waals surface area contributed by atoms with Crippen LogP contribution in [0.3, 0.4) is 0 Å². The van der Waals surface area contributed by atoms with E-state index in [-0.39, 0.29) is 0 Å². The Kier molecular flexibility index (Phi) is 6.78. The molecule has 0 saturated carbocycles. The Hall–Kier alpha value is -6.91. The Morgan fingerprint density at radius 2 is 0.961 bits per heavy atom. The molecule has 0 aliphatic carbocycles. The van der Waals surface area contributed by atoms with E-state index >= 15 is 0 Å². The van der Waals surface area contributed by atoms with Crippen molar-refractivity contribution in [3.8, 4) is 56.4 Å². The van der Waals surface area contributed by atoms with Crippen LogP contribution in [0.2, 0.25) is 0 Å². The fraction of sp³-hybridized carbons (Fsp3) is 0. The molecule has 4 nitrogen and oxygen atoms in total. The van der Waals surface area contributed by atoms with E-state index in [1.165, 1.54) is 38.7 Å². The van der Waals surface area contributed by atoms with Crippen molar-refractivity contribution in [3.63, 3.8) is 0 Å². The zero-order valence-corrected chi connectivity index (χ0v) is 27.6. The maximum absolute atomic E-state index is 5.20. The Bertz CT molecular complexity index is 2740. The first-order valence-corrected chi connectivity index (χ1v) is 17.2. The molecule has 0 saturated heterocycles. The molecule has 0 bridgehead atoms. The smallest absolute Gasteiger partial charge is 0.164 e. The summed E-state index contributed by atoms with van der Waals surface area (Å²) in [5.74, 6) is 1.94. The van der Waals surface area contributed by atoms with E-state index in [4.69, 9.17) is 15.0 Å². The zero-order chi connectivity index (χ0) is 33.7. The van der Waals surface area contributed by atoms with Crippen LogP contribution in [0.1, 0.15) is 0 Å². The van der Waals surface area contributed by atoms with E-state index in [1.54, 1.807) is 0 Å². The van der Waals surface area contributed by atoms with Crippen molar-refractivity contribution in [2.75, 3.05) is 4.90 Å². The Morgan fingerprint density at radius 1 is 0.353 bits per heavy atom. The zero-order valence-electron chi connectivity index (χ0n) is 27.6. The van der Waals surface area contributed by atoms with Crippen LogP contribution in [0.4, 0.5) is 17.1 Å². The normalized spacial score (nSPS) is 11.9. The number of anilines is 3. The molecule has 9 aromatic rings. The van der Waals surface area contributed by atoms with E-state index in [0.29, 0.717) is 17.5 Å². The minimum atomic E-state index is 0.644. The van der Waals surface area contributed by atoms with Gasteiger partial charge in [-0.3, -0.25) is 0 Å². The number of fused-ring (bicyclic) bond motifs is 3. The van der Waals surface area contributed by atoms with Gasteiger partial charge in [-0.25, -0.2) is 15.0 Å². The maximum Gasteiger partial charge on any atom is 0.164 e. The Labute approximate surface area is 296 Å². The molecule has 1 aliphatic rings. The van der Waals surface area contributed by atoms with Gasteiger partial charge in [-0.15, -0.1) is 0 Å². The highest BCUT2D eigenvalue weighted by Crippen LogP contribution is 2.55. The van der Waals surface area contributed by atoms with Crippen molar-refractivity contribution >= 4 is 38.6 Å². The van der Waals surface area contributed by atoms with Gasteiger partial charge >= 0.3 is 0 Å². The molecule has 1 aliphatic heterocycles. The van der Waals surface area contributed by atoms with E-state index < -0.39 is 0 Å². The first kappa shape index (κ1) is 29.0. The van der Waals surface area contributed by atoms with Gasteiger partial charge in [-0.05, 0) is 57.6 Å². The quantitative estimate of drug-likeness (QED) is 0.186. The van der Waals surface area contributed by atoms with Gasteiger partial charge in [0.1, 0.15) is 0 Å². The van der Waals surface area contributed by atoms with Crippen LogP contribution in [0, 0.1) is 0 Å². The van der Waals surface area contributed by atoms with E-state index in [1.807, 2.05) is 18.2 Å². The highest BCUT2D eigenvalue weighted by atomic mass is 15.2. The molecule has 0 spiro atoms. The molecular weight excluding hydrogens is 621 g/mol. The molecule has 8 aromatic carbocycles. The van der Waals surface area contributed by atoms with Gasteiger partial charge in [-0.2, -0.15) is 0 Å². The van der Waals surface area contributed by atoms with Crippen LogP contribution in [0.25, 0.3) is 78.0 Å². The van der Waals surface area contributed by atoms with Crippen LogP contribution >= 0.6 is 0 Å². The lowest BCUT2D eigenvalue weighted by Crippen LogP contribution is -2.16. The lowest BCUT2D eigenvalue weighted by Gasteiger charge is -2.35. The van der Waals surface area contributed by atoms with Gasteiger partial charge in [0.15, 0.2) is 17.5 Å². The summed E-state index contributed by atoms with van der Waals surface area (Å²) in [6.45, 7) is 0. The molecule has 0 radical (unpaired) electrons. The number of rotatable bonds is 5. The molecule has 238 valence electrons. The molecule has 0 amide bonds. The van der Waals surface area contributed by atoms with Crippen molar-refractivity contribution in [2.45, 2.75) is 0 Å². The third-order valence-electron chi connectivity index (χ3n) is 9.82. The van der Waals surface area contributed by atoms with E-state index in [9.17, 15) is 0 Å². The van der Waals surface area contributed by atoms with E-state index in [0.717, 1.165) is 38.8 Å². The average Bonchev–Trinajstić information content (AvgIpc) is 3.21. The SMILES string of the molecule is c1ccc(-c2nc(-c3ccc4ccccc4c3)nc(-c3ccc4c5c(cccc35)-c3cccc(-c5ccccc5)c3N4c3ccccc3)n2)cc1. The number of hydrogen-bond acceptors (Lipinski definition) is 4. The standard InChI is InChI=1S/C47H30N4/c1-4-15-32(16-5-1)37-22-12-25-40-38-23-13-24-39-41(28-29-42(43(38)39)51(44(37)40)36-20-8-3-9-21-36)47-49-45(33-17-6-2-7-18-33)48-46(50-47)35-27-26-31-14-10-11-19-34(31)30-35/h1-30H. The molecule has 1 aromatic heterocycles. The number of hydrogen-bond donors (Lipinski definition) is 0. The van der Waals surface area contributed by atoms with Gasteiger partial charge in [0.25, 0.3) is 0 Å². The number of benzene rings is 8. The molecule has 10 rings (SSSR count). The van der Waals surface area contributed by atoms with Crippen LogP contribution in [-0.2, 0) is 0 Å². The average molecular weight is 651 g/mol. The number of aromatic nitrogens is 3. The summed E-state index contributed by atoms with van der Waals surface area (Å²) in [7, 11) is 0. The summed E-state index contributed by atoms with van der Waals surface area (Å²) >= 11 is 0. The number of nitrogens with zero attached hydrogens (tertiary/aromatic N) is 4. The fourth-order valence-corrected chi connectivity index (χ4v) is 7.48. The predicted octanol–water partition coefficient (Wildman–Crippen LogP) is 12.3. The highest BCUT2D eigenvalue weighted by molar-refractivity contribution is 6.18. The van der Waals surface area contributed by atoms with Gasteiger partial charge in [0.05, 0.1) is 11.4 Å².